The number of pyridine rings is 1. The predicted octanol–water partition coefficient (Wildman–Crippen LogP) is 4.87. The van der Waals surface area contributed by atoms with Gasteiger partial charge in [-0.2, -0.15) is 5.10 Å². The van der Waals surface area contributed by atoms with Gasteiger partial charge in [0.25, 0.3) is 0 Å². The molecule has 5 rings (SSSR count). The molecule has 0 amide bonds. The number of nitrogens with one attached hydrogen (secondary N) is 1. The third-order valence-corrected chi connectivity index (χ3v) is 4.64. The van der Waals surface area contributed by atoms with Crippen molar-refractivity contribution in [2.24, 2.45) is 5.10 Å². The third kappa shape index (κ3) is 2.83. The highest BCUT2D eigenvalue weighted by molar-refractivity contribution is 6.00. The fourth-order valence-electron chi connectivity index (χ4n) is 3.38. The number of hydrogen-bond acceptors (Lipinski definition) is 5. The highest BCUT2D eigenvalue weighted by atomic mass is 16.7. The Balaban J connectivity index is 1.52. The molecule has 0 bridgehead atoms. The van der Waals surface area contributed by atoms with E-state index in [0.29, 0.717) is 0 Å². The third-order valence-electron chi connectivity index (χ3n) is 4.64. The molecule has 2 heterocycles. The van der Waals surface area contributed by atoms with E-state index in [1.165, 1.54) is 10.8 Å². The SMILES string of the molecule is Cc1cc(N/N=C\c2cccc3ccccc23)c2cc3c(cc2n1)OCO3. The fraction of sp³-hybridized carbons (Fsp3) is 0.0909. The summed E-state index contributed by atoms with van der Waals surface area (Å²) in [5, 5.41) is 7.78. The number of rotatable bonds is 3. The van der Waals surface area contributed by atoms with Crippen LogP contribution in [-0.2, 0) is 0 Å². The lowest BCUT2D eigenvalue weighted by Gasteiger charge is -2.08. The van der Waals surface area contributed by atoms with Crippen molar-refractivity contribution in [3.05, 3.63) is 71.9 Å². The summed E-state index contributed by atoms with van der Waals surface area (Å²) in [6, 6.07) is 20.3. The van der Waals surface area contributed by atoms with Crippen molar-refractivity contribution >= 4 is 33.6 Å². The monoisotopic (exact) mass is 355 g/mol. The summed E-state index contributed by atoms with van der Waals surface area (Å²) >= 11 is 0. The Labute approximate surface area is 156 Å². The van der Waals surface area contributed by atoms with Gasteiger partial charge in [0, 0.05) is 22.7 Å². The van der Waals surface area contributed by atoms with Crippen molar-refractivity contribution in [3.63, 3.8) is 0 Å². The lowest BCUT2D eigenvalue weighted by molar-refractivity contribution is 0.174. The van der Waals surface area contributed by atoms with E-state index in [1.807, 2.05) is 49.5 Å². The number of hydrogen-bond donors (Lipinski definition) is 1. The zero-order valence-electron chi connectivity index (χ0n) is 14.8. The first-order valence-corrected chi connectivity index (χ1v) is 8.76. The van der Waals surface area contributed by atoms with Gasteiger partial charge in [-0.05, 0) is 29.8 Å². The van der Waals surface area contributed by atoms with E-state index in [9.17, 15) is 0 Å². The molecule has 3 aromatic carbocycles. The second-order valence-electron chi connectivity index (χ2n) is 6.47. The van der Waals surface area contributed by atoms with Crippen LogP contribution in [0.25, 0.3) is 21.7 Å². The van der Waals surface area contributed by atoms with Crippen LogP contribution >= 0.6 is 0 Å². The quantitative estimate of drug-likeness (QED) is 0.421. The number of fused-ring (bicyclic) bond motifs is 3. The van der Waals surface area contributed by atoms with Crippen LogP contribution in [-0.4, -0.2) is 18.0 Å². The van der Waals surface area contributed by atoms with Gasteiger partial charge in [0.1, 0.15) is 0 Å². The summed E-state index contributed by atoms with van der Waals surface area (Å²) < 4.78 is 11.0. The molecule has 0 saturated heterocycles. The van der Waals surface area contributed by atoms with Crippen molar-refractivity contribution in [1.29, 1.82) is 0 Å². The number of aryl methyl sites for hydroxylation is 1. The van der Waals surface area contributed by atoms with Crippen molar-refractivity contribution in [2.45, 2.75) is 6.92 Å². The normalized spacial score (nSPS) is 12.9. The van der Waals surface area contributed by atoms with Crippen LogP contribution in [0.15, 0.2) is 65.8 Å². The Bertz CT molecular complexity index is 1200. The van der Waals surface area contributed by atoms with Crippen LogP contribution in [0.2, 0.25) is 0 Å². The van der Waals surface area contributed by atoms with Gasteiger partial charge in [-0.15, -0.1) is 0 Å². The lowest BCUT2D eigenvalue weighted by atomic mass is 10.1. The average Bonchev–Trinajstić information content (AvgIpc) is 3.14. The van der Waals surface area contributed by atoms with E-state index in [1.54, 1.807) is 0 Å². The minimum Gasteiger partial charge on any atom is -0.454 e. The number of aromatic nitrogens is 1. The molecular weight excluding hydrogens is 338 g/mol. The van der Waals surface area contributed by atoms with Gasteiger partial charge in [-0.3, -0.25) is 10.4 Å². The number of hydrazone groups is 1. The van der Waals surface area contributed by atoms with Crippen LogP contribution in [0.5, 0.6) is 11.5 Å². The smallest absolute Gasteiger partial charge is 0.231 e. The zero-order chi connectivity index (χ0) is 18.2. The topological polar surface area (TPSA) is 55.7 Å². The lowest BCUT2D eigenvalue weighted by Crippen LogP contribution is -1.95. The predicted molar refractivity (Wildman–Crippen MR) is 108 cm³/mol. The number of benzene rings is 3. The maximum atomic E-state index is 5.50. The van der Waals surface area contributed by atoms with Crippen molar-refractivity contribution in [3.8, 4) is 11.5 Å². The molecule has 1 aliphatic rings. The molecule has 1 N–H and O–H groups in total. The van der Waals surface area contributed by atoms with Crippen LogP contribution in [0.4, 0.5) is 5.69 Å². The number of nitrogens with zero attached hydrogens (tertiary/aromatic N) is 2. The van der Waals surface area contributed by atoms with Crippen molar-refractivity contribution in [2.75, 3.05) is 12.2 Å². The van der Waals surface area contributed by atoms with E-state index in [2.05, 4.69) is 39.8 Å². The molecule has 27 heavy (non-hydrogen) atoms. The molecule has 132 valence electrons. The van der Waals surface area contributed by atoms with Gasteiger partial charge in [0.15, 0.2) is 11.5 Å². The van der Waals surface area contributed by atoms with Crippen LogP contribution < -0.4 is 14.9 Å². The van der Waals surface area contributed by atoms with Gasteiger partial charge in [-0.25, -0.2) is 0 Å². The minimum atomic E-state index is 0.243. The summed E-state index contributed by atoms with van der Waals surface area (Å²) in [6.07, 6.45) is 1.84. The molecule has 0 radical (unpaired) electrons. The Kier molecular flexibility index (Phi) is 3.64. The fourth-order valence-corrected chi connectivity index (χ4v) is 3.38. The number of ether oxygens (including phenoxy) is 2. The van der Waals surface area contributed by atoms with E-state index in [4.69, 9.17) is 9.47 Å². The molecule has 0 fully saturated rings. The summed E-state index contributed by atoms with van der Waals surface area (Å²) in [5.41, 5.74) is 6.87. The highest BCUT2D eigenvalue weighted by Crippen LogP contribution is 2.38. The average molecular weight is 355 g/mol. The second kappa shape index (κ2) is 6.29. The van der Waals surface area contributed by atoms with Crippen LogP contribution in [0, 0.1) is 6.92 Å². The molecule has 5 heteroatoms. The molecule has 0 spiro atoms. The van der Waals surface area contributed by atoms with E-state index < -0.39 is 0 Å². The van der Waals surface area contributed by atoms with Gasteiger partial charge < -0.3 is 9.47 Å². The molecular formula is C22H17N3O2. The first-order chi connectivity index (χ1) is 13.3. The standard InChI is InChI=1S/C22H17N3O2/c1-14-9-20(18-10-21-22(27-13-26-21)11-19(18)24-14)25-23-12-16-7-4-6-15-5-2-3-8-17(15)16/h2-12H,13H2,1H3,(H,24,25)/b23-12-. The summed E-state index contributed by atoms with van der Waals surface area (Å²) in [4.78, 5) is 4.59. The Morgan fingerprint density at radius 3 is 2.70 bits per heavy atom. The number of anilines is 1. The first kappa shape index (κ1) is 15.6. The molecule has 0 saturated carbocycles. The van der Waals surface area contributed by atoms with Crippen LogP contribution in [0.1, 0.15) is 11.3 Å². The molecule has 0 aliphatic carbocycles. The van der Waals surface area contributed by atoms with Crippen molar-refractivity contribution in [1.82, 2.24) is 4.98 Å². The molecule has 1 aliphatic heterocycles. The molecule has 0 unspecified atom stereocenters. The Morgan fingerprint density at radius 1 is 0.963 bits per heavy atom. The summed E-state index contributed by atoms with van der Waals surface area (Å²) in [7, 11) is 0. The van der Waals surface area contributed by atoms with Crippen LogP contribution in [0.3, 0.4) is 0 Å². The largest absolute Gasteiger partial charge is 0.454 e. The molecule has 4 aromatic rings. The van der Waals surface area contributed by atoms with Crippen molar-refractivity contribution < 1.29 is 9.47 Å². The Hall–Kier alpha value is -3.60. The van der Waals surface area contributed by atoms with Gasteiger partial charge in [-0.1, -0.05) is 42.5 Å². The maximum Gasteiger partial charge on any atom is 0.231 e. The van der Waals surface area contributed by atoms with Gasteiger partial charge >= 0.3 is 0 Å². The van der Waals surface area contributed by atoms with Gasteiger partial charge in [0.05, 0.1) is 17.4 Å². The molecule has 5 nitrogen and oxygen atoms in total. The Morgan fingerprint density at radius 2 is 1.78 bits per heavy atom. The maximum absolute atomic E-state index is 5.50. The van der Waals surface area contributed by atoms with E-state index in [0.717, 1.165) is 39.3 Å². The van der Waals surface area contributed by atoms with E-state index >= 15 is 0 Å². The van der Waals surface area contributed by atoms with E-state index in [-0.39, 0.29) is 6.79 Å². The second-order valence-corrected chi connectivity index (χ2v) is 6.47. The van der Waals surface area contributed by atoms with Gasteiger partial charge in [0.2, 0.25) is 6.79 Å². The summed E-state index contributed by atoms with van der Waals surface area (Å²) in [6.45, 7) is 2.20. The molecule has 1 aromatic heterocycles. The first-order valence-electron chi connectivity index (χ1n) is 8.76. The molecule has 0 atom stereocenters. The summed E-state index contributed by atoms with van der Waals surface area (Å²) in [5.74, 6) is 1.46. The highest BCUT2D eigenvalue weighted by Gasteiger charge is 2.16. The zero-order valence-corrected chi connectivity index (χ0v) is 14.8. The minimum absolute atomic E-state index is 0.243.